The van der Waals surface area contributed by atoms with Crippen LogP contribution in [0.3, 0.4) is 0 Å². The number of halogens is 3. The van der Waals surface area contributed by atoms with E-state index in [0.29, 0.717) is 10.9 Å². The standard InChI is InChI=1S/C10H8F3N3O/c11-10(12,13)5-14-9(17)8-6-3-1-2-4-7(6)15-16-8/h1-4H,5H2,(H,14,17)(H,15,16). The van der Waals surface area contributed by atoms with E-state index in [1.54, 1.807) is 29.6 Å². The average molecular weight is 243 g/mol. The number of rotatable bonds is 2. The van der Waals surface area contributed by atoms with Gasteiger partial charge in [-0.15, -0.1) is 0 Å². The van der Waals surface area contributed by atoms with E-state index in [-0.39, 0.29) is 5.69 Å². The number of hydrogen-bond donors (Lipinski definition) is 2. The zero-order chi connectivity index (χ0) is 12.5. The summed E-state index contributed by atoms with van der Waals surface area (Å²) in [5.74, 6) is -0.847. The minimum Gasteiger partial charge on any atom is -0.342 e. The van der Waals surface area contributed by atoms with Gasteiger partial charge in [-0.05, 0) is 6.07 Å². The minimum absolute atomic E-state index is 0.0372. The zero-order valence-corrected chi connectivity index (χ0v) is 8.51. The highest BCUT2D eigenvalue weighted by Crippen LogP contribution is 2.16. The number of para-hydroxylation sites is 1. The molecule has 1 amide bonds. The number of nitrogens with one attached hydrogen (secondary N) is 2. The number of benzene rings is 1. The average Bonchev–Trinajstić information content (AvgIpc) is 2.68. The fourth-order valence-electron chi connectivity index (χ4n) is 1.40. The van der Waals surface area contributed by atoms with Crippen molar-refractivity contribution in [1.29, 1.82) is 0 Å². The summed E-state index contributed by atoms with van der Waals surface area (Å²) in [6.45, 7) is -1.37. The summed E-state index contributed by atoms with van der Waals surface area (Å²) in [6.07, 6.45) is -4.43. The van der Waals surface area contributed by atoms with Crippen LogP contribution in [0.25, 0.3) is 10.9 Å². The van der Waals surface area contributed by atoms with Crippen molar-refractivity contribution in [1.82, 2.24) is 15.5 Å². The second-order valence-corrected chi connectivity index (χ2v) is 3.42. The van der Waals surface area contributed by atoms with Crippen LogP contribution in [0, 0.1) is 0 Å². The third kappa shape index (κ3) is 2.55. The lowest BCUT2D eigenvalue weighted by Crippen LogP contribution is -2.33. The molecule has 0 spiro atoms. The van der Waals surface area contributed by atoms with Gasteiger partial charge in [-0.25, -0.2) is 0 Å². The summed E-state index contributed by atoms with van der Waals surface area (Å²) < 4.78 is 35.8. The molecule has 0 bridgehead atoms. The molecule has 1 heterocycles. The topological polar surface area (TPSA) is 57.8 Å². The Balaban J connectivity index is 2.20. The van der Waals surface area contributed by atoms with Crippen molar-refractivity contribution in [3.8, 4) is 0 Å². The van der Waals surface area contributed by atoms with Crippen molar-refractivity contribution in [2.75, 3.05) is 6.54 Å². The number of alkyl halides is 3. The predicted octanol–water partition coefficient (Wildman–Crippen LogP) is 1.85. The Morgan fingerprint density at radius 2 is 2.06 bits per heavy atom. The van der Waals surface area contributed by atoms with E-state index < -0.39 is 18.6 Å². The summed E-state index contributed by atoms with van der Waals surface area (Å²) in [7, 11) is 0. The van der Waals surface area contributed by atoms with E-state index in [0.717, 1.165) is 0 Å². The lowest BCUT2D eigenvalue weighted by atomic mass is 10.2. The number of H-pyrrole nitrogens is 1. The molecule has 1 aromatic carbocycles. The van der Waals surface area contributed by atoms with E-state index in [4.69, 9.17) is 0 Å². The molecule has 0 aliphatic carbocycles. The smallest absolute Gasteiger partial charge is 0.342 e. The summed E-state index contributed by atoms with van der Waals surface area (Å²) >= 11 is 0. The van der Waals surface area contributed by atoms with Gasteiger partial charge in [0.2, 0.25) is 0 Å². The molecular weight excluding hydrogens is 235 g/mol. The fraction of sp³-hybridized carbons (Fsp3) is 0.200. The minimum atomic E-state index is -4.43. The van der Waals surface area contributed by atoms with E-state index in [9.17, 15) is 18.0 Å². The quantitative estimate of drug-likeness (QED) is 0.845. The zero-order valence-electron chi connectivity index (χ0n) is 8.51. The molecule has 2 aromatic rings. The summed E-state index contributed by atoms with van der Waals surface area (Å²) in [6, 6.07) is 6.71. The molecule has 1 aromatic heterocycles. The number of amides is 1. The van der Waals surface area contributed by atoms with E-state index >= 15 is 0 Å². The highest BCUT2D eigenvalue weighted by atomic mass is 19.4. The van der Waals surface area contributed by atoms with Gasteiger partial charge in [-0.3, -0.25) is 9.89 Å². The fourth-order valence-corrected chi connectivity index (χ4v) is 1.40. The first-order valence-corrected chi connectivity index (χ1v) is 4.75. The number of carbonyl (C=O) groups excluding carboxylic acids is 1. The largest absolute Gasteiger partial charge is 0.405 e. The number of aromatic amines is 1. The van der Waals surface area contributed by atoms with Crippen LogP contribution in [0.2, 0.25) is 0 Å². The van der Waals surface area contributed by atoms with Crippen molar-refractivity contribution in [2.24, 2.45) is 0 Å². The van der Waals surface area contributed by atoms with Crippen LogP contribution in [-0.2, 0) is 0 Å². The highest BCUT2D eigenvalue weighted by molar-refractivity contribution is 6.04. The Bertz CT molecular complexity index is 547. The molecule has 0 unspecified atom stereocenters. The second-order valence-electron chi connectivity index (χ2n) is 3.42. The van der Waals surface area contributed by atoms with Gasteiger partial charge in [-0.1, -0.05) is 18.2 Å². The van der Waals surface area contributed by atoms with Gasteiger partial charge in [0.25, 0.3) is 5.91 Å². The summed E-state index contributed by atoms with van der Waals surface area (Å²) in [4.78, 5) is 11.5. The van der Waals surface area contributed by atoms with Crippen LogP contribution >= 0.6 is 0 Å². The van der Waals surface area contributed by atoms with Gasteiger partial charge >= 0.3 is 6.18 Å². The third-order valence-electron chi connectivity index (χ3n) is 2.13. The third-order valence-corrected chi connectivity index (χ3v) is 2.13. The SMILES string of the molecule is O=C(NCC(F)(F)F)c1n[nH]c2ccccc12. The maximum atomic E-state index is 11.9. The highest BCUT2D eigenvalue weighted by Gasteiger charge is 2.28. The molecular formula is C10H8F3N3O. The van der Waals surface area contributed by atoms with Crippen molar-refractivity contribution in [3.63, 3.8) is 0 Å². The molecule has 0 aliphatic rings. The molecule has 7 heteroatoms. The number of aromatic nitrogens is 2. The van der Waals surface area contributed by atoms with Crippen LogP contribution in [0.5, 0.6) is 0 Å². The normalized spacial score (nSPS) is 11.7. The molecule has 0 fully saturated rings. The molecule has 4 nitrogen and oxygen atoms in total. The van der Waals surface area contributed by atoms with Gasteiger partial charge in [-0.2, -0.15) is 18.3 Å². The number of hydrogen-bond acceptors (Lipinski definition) is 2. The van der Waals surface area contributed by atoms with Crippen LogP contribution in [-0.4, -0.2) is 28.8 Å². The molecule has 2 rings (SSSR count). The first kappa shape index (κ1) is 11.4. The molecule has 0 radical (unpaired) electrons. The van der Waals surface area contributed by atoms with Gasteiger partial charge in [0, 0.05) is 5.39 Å². The van der Waals surface area contributed by atoms with Crippen molar-refractivity contribution in [2.45, 2.75) is 6.18 Å². The predicted molar refractivity (Wildman–Crippen MR) is 54.5 cm³/mol. The molecule has 0 saturated carbocycles. The van der Waals surface area contributed by atoms with Crippen LogP contribution in [0.15, 0.2) is 24.3 Å². The number of nitrogens with zero attached hydrogens (tertiary/aromatic N) is 1. The Hall–Kier alpha value is -2.05. The molecule has 0 aliphatic heterocycles. The van der Waals surface area contributed by atoms with Gasteiger partial charge in [0.1, 0.15) is 6.54 Å². The molecule has 2 N–H and O–H groups in total. The van der Waals surface area contributed by atoms with Crippen LogP contribution in [0.4, 0.5) is 13.2 Å². The van der Waals surface area contributed by atoms with E-state index in [2.05, 4.69) is 10.2 Å². The van der Waals surface area contributed by atoms with Crippen molar-refractivity contribution >= 4 is 16.8 Å². The maximum Gasteiger partial charge on any atom is 0.405 e. The van der Waals surface area contributed by atoms with E-state index in [1.807, 2.05) is 0 Å². The van der Waals surface area contributed by atoms with E-state index in [1.165, 1.54) is 0 Å². The van der Waals surface area contributed by atoms with Crippen LogP contribution in [0.1, 0.15) is 10.5 Å². The molecule has 0 saturated heterocycles. The Labute approximate surface area is 93.8 Å². The summed E-state index contributed by atoms with van der Waals surface area (Å²) in [5, 5.41) is 8.53. The maximum absolute atomic E-state index is 11.9. The van der Waals surface area contributed by atoms with Gasteiger partial charge in [0.05, 0.1) is 5.52 Å². The van der Waals surface area contributed by atoms with Gasteiger partial charge < -0.3 is 5.32 Å². The first-order chi connectivity index (χ1) is 7.97. The Kier molecular flexibility index (Phi) is 2.74. The lowest BCUT2D eigenvalue weighted by molar-refractivity contribution is -0.123. The lowest BCUT2D eigenvalue weighted by Gasteiger charge is -2.06. The van der Waals surface area contributed by atoms with Crippen molar-refractivity contribution < 1.29 is 18.0 Å². The second kappa shape index (κ2) is 4.08. The van der Waals surface area contributed by atoms with Crippen LogP contribution < -0.4 is 5.32 Å². The molecule has 0 atom stereocenters. The van der Waals surface area contributed by atoms with Crippen molar-refractivity contribution in [3.05, 3.63) is 30.0 Å². The Morgan fingerprint density at radius 3 is 2.76 bits per heavy atom. The van der Waals surface area contributed by atoms with Gasteiger partial charge in [0.15, 0.2) is 5.69 Å². The molecule has 17 heavy (non-hydrogen) atoms. The monoisotopic (exact) mass is 243 g/mol. The first-order valence-electron chi connectivity index (χ1n) is 4.75. The number of fused-ring (bicyclic) bond motifs is 1. The molecule has 90 valence electrons. The number of carbonyl (C=O) groups is 1. The summed E-state index contributed by atoms with van der Waals surface area (Å²) in [5.41, 5.74) is 0.564. The Morgan fingerprint density at radius 1 is 1.35 bits per heavy atom.